The summed E-state index contributed by atoms with van der Waals surface area (Å²) in [6.45, 7) is 4.08. The van der Waals surface area contributed by atoms with Gasteiger partial charge >= 0.3 is 0 Å². The molecular formula is C7H10N4O. The largest absolute Gasteiger partial charge is 0.230 e. The predicted octanol–water partition coefficient (Wildman–Crippen LogP) is 1.59. The maximum Gasteiger partial charge on any atom is 0.114 e. The average Bonchev–Trinajstić information content (AvgIpc) is 2.46. The molecule has 0 bridgehead atoms. The summed E-state index contributed by atoms with van der Waals surface area (Å²) in [5, 5.41) is 10.6. The van der Waals surface area contributed by atoms with Gasteiger partial charge in [-0.3, -0.25) is 0 Å². The number of fused-ring (bicyclic) bond motifs is 1. The van der Waals surface area contributed by atoms with Crippen LogP contribution in [-0.2, 0) is 4.94 Å². The molecule has 0 radical (unpaired) electrons. The standard InChI is InChI=1S/C7H10N4O/c1-6(2)10-5-7-3-4-8-9-11(7)12-10/h3-6H,1-2H3. The Bertz CT molecular complexity index is 269. The van der Waals surface area contributed by atoms with E-state index in [1.807, 2.05) is 26.1 Å². The number of hydroxylamine groups is 3. The third kappa shape index (κ3) is 1.08. The molecule has 2 aliphatic rings. The fraction of sp³-hybridized carbons (Fsp3) is 0.429. The molecule has 2 rings (SSSR count). The third-order valence-electron chi connectivity index (χ3n) is 1.61. The molecule has 0 amide bonds. The van der Waals surface area contributed by atoms with E-state index < -0.39 is 0 Å². The van der Waals surface area contributed by atoms with Crippen LogP contribution in [0.2, 0.25) is 0 Å². The van der Waals surface area contributed by atoms with Crippen LogP contribution >= 0.6 is 0 Å². The summed E-state index contributed by atoms with van der Waals surface area (Å²) < 4.78 is 0. The second-order valence-corrected chi connectivity index (χ2v) is 2.88. The minimum absolute atomic E-state index is 0.298. The first kappa shape index (κ1) is 7.30. The Morgan fingerprint density at radius 1 is 1.50 bits per heavy atom. The van der Waals surface area contributed by atoms with Crippen molar-refractivity contribution in [1.82, 2.24) is 10.2 Å². The summed E-state index contributed by atoms with van der Waals surface area (Å²) in [6.07, 6.45) is 5.37. The maximum absolute atomic E-state index is 5.29. The van der Waals surface area contributed by atoms with E-state index in [0.717, 1.165) is 5.70 Å². The molecule has 0 aromatic carbocycles. The highest BCUT2D eigenvalue weighted by Crippen LogP contribution is 2.23. The van der Waals surface area contributed by atoms with Gasteiger partial charge in [0.15, 0.2) is 0 Å². The second-order valence-electron chi connectivity index (χ2n) is 2.88. The van der Waals surface area contributed by atoms with Crippen LogP contribution in [-0.4, -0.2) is 16.3 Å². The number of hydrogen-bond donors (Lipinski definition) is 0. The van der Waals surface area contributed by atoms with Crippen molar-refractivity contribution in [2.45, 2.75) is 19.9 Å². The highest BCUT2D eigenvalue weighted by Gasteiger charge is 2.23. The highest BCUT2D eigenvalue weighted by molar-refractivity contribution is 5.17. The van der Waals surface area contributed by atoms with Gasteiger partial charge in [-0.2, -0.15) is 0 Å². The van der Waals surface area contributed by atoms with Gasteiger partial charge < -0.3 is 0 Å². The van der Waals surface area contributed by atoms with Crippen LogP contribution in [0.25, 0.3) is 0 Å². The summed E-state index contributed by atoms with van der Waals surface area (Å²) in [5.41, 5.74) is 0.902. The SMILES string of the molecule is CC(C)N1C=C2C=CN=NN2O1. The van der Waals surface area contributed by atoms with Crippen molar-refractivity contribution in [1.29, 1.82) is 0 Å². The van der Waals surface area contributed by atoms with Gasteiger partial charge in [0.2, 0.25) is 0 Å². The molecule has 0 N–H and O–H groups in total. The zero-order chi connectivity index (χ0) is 8.55. The Balaban J connectivity index is 2.17. The lowest BCUT2D eigenvalue weighted by Gasteiger charge is -2.19. The zero-order valence-corrected chi connectivity index (χ0v) is 7.01. The van der Waals surface area contributed by atoms with Gasteiger partial charge in [0, 0.05) is 0 Å². The number of nitrogens with zero attached hydrogens (tertiary/aromatic N) is 4. The van der Waals surface area contributed by atoms with E-state index in [1.54, 1.807) is 11.3 Å². The molecule has 12 heavy (non-hydrogen) atoms. The normalized spacial score (nSPS) is 20.4. The molecule has 0 unspecified atom stereocenters. The Kier molecular flexibility index (Phi) is 1.58. The van der Waals surface area contributed by atoms with Gasteiger partial charge in [-0.15, -0.1) is 10.1 Å². The molecular weight excluding hydrogens is 156 g/mol. The van der Waals surface area contributed by atoms with Crippen LogP contribution in [0, 0.1) is 0 Å². The van der Waals surface area contributed by atoms with Crippen LogP contribution in [0.4, 0.5) is 0 Å². The number of allylic oxidation sites excluding steroid dienone is 1. The molecule has 0 fully saturated rings. The molecule has 0 aliphatic carbocycles. The van der Waals surface area contributed by atoms with Crippen molar-refractivity contribution in [2.75, 3.05) is 0 Å². The van der Waals surface area contributed by atoms with Crippen molar-refractivity contribution in [2.24, 2.45) is 10.3 Å². The fourth-order valence-electron chi connectivity index (χ4n) is 0.944. The van der Waals surface area contributed by atoms with E-state index in [4.69, 9.17) is 4.94 Å². The van der Waals surface area contributed by atoms with Crippen molar-refractivity contribution < 1.29 is 4.94 Å². The first-order chi connectivity index (χ1) is 5.77. The predicted molar refractivity (Wildman–Crippen MR) is 42.0 cm³/mol. The van der Waals surface area contributed by atoms with Gasteiger partial charge in [-0.25, -0.2) is 5.06 Å². The van der Waals surface area contributed by atoms with Crippen molar-refractivity contribution in [3.63, 3.8) is 0 Å². The van der Waals surface area contributed by atoms with E-state index in [0.29, 0.717) is 6.04 Å². The summed E-state index contributed by atoms with van der Waals surface area (Å²) in [7, 11) is 0. The zero-order valence-electron chi connectivity index (χ0n) is 7.01. The molecule has 2 aliphatic heterocycles. The summed E-state index contributed by atoms with van der Waals surface area (Å²) >= 11 is 0. The summed E-state index contributed by atoms with van der Waals surface area (Å²) in [5.74, 6) is 0. The maximum atomic E-state index is 5.29. The highest BCUT2D eigenvalue weighted by atomic mass is 16.9. The van der Waals surface area contributed by atoms with Crippen LogP contribution < -0.4 is 0 Å². The summed E-state index contributed by atoms with van der Waals surface area (Å²) in [4.78, 5) is 5.29. The van der Waals surface area contributed by atoms with Gasteiger partial charge in [0.05, 0.1) is 18.4 Å². The minimum Gasteiger partial charge on any atom is -0.230 e. The van der Waals surface area contributed by atoms with Crippen molar-refractivity contribution in [3.8, 4) is 0 Å². The van der Waals surface area contributed by atoms with Gasteiger partial charge in [0.1, 0.15) is 5.70 Å². The molecule has 0 atom stereocenters. The fourth-order valence-corrected chi connectivity index (χ4v) is 0.944. The molecule has 2 heterocycles. The molecule has 0 saturated carbocycles. The smallest absolute Gasteiger partial charge is 0.114 e. The first-order valence-electron chi connectivity index (χ1n) is 3.83. The van der Waals surface area contributed by atoms with Crippen LogP contribution in [0.5, 0.6) is 0 Å². The second kappa shape index (κ2) is 2.60. The molecule has 0 aromatic heterocycles. The molecule has 0 aromatic rings. The number of hydrogen-bond acceptors (Lipinski definition) is 5. The lowest BCUT2D eigenvalue weighted by molar-refractivity contribution is -0.277. The van der Waals surface area contributed by atoms with Gasteiger partial charge in [-0.1, -0.05) is 5.17 Å². The van der Waals surface area contributed by atoms with Gasteiger partial charge in [0.25, 0.3) is 0 Å². The molecule has 5 nitrogen and oxygen atoms in total. The molecule has 0 spiro atoms. The molecule has 5 heteroatoms. The lowest BCUT2D eigenvalue weighted by atomic mass is 10.4. The van der Waals surface area contributed by atoms with Crippen LogP contribution in [0.15, 0.2) is 34.5 Å². The number of rotatable bonds is 1. The topological polar surface area (TPSA) is 40.4 Å². The van der Waals surface area contributed by atoms with E-state index >= 15 is 0 Å². The van der Waals surface area contributed by atoms with E-state index in [1.165, 1.54) is 5.17 Å². The minimum atomic E-state index is 0.298. The average molecular weight is 166 g/mol. The van der Waals surface area contributed by atoms with Gasteiger partial charge in [-0.05, 0) is 25.1 Å². The Morgan fingerprint density at radius 2 is 2.33 bits per heavy atom. The van der Waals surface area contributed by atoms with E-state index in [2.05, 4.69) is 10.3 Å². The van der Waals surface area contributed by atoms with E-state index in [9.17, 15) is 0 Å². The molecule has 0 saturated heterocycles. The molecule has 64 valence electrons. The monoisotopic (exact) mass is 166 g/mol. The Morgan fingerprint density at radius 3 is 3.00 bits per heavy atom. The van der Waals surface area contributed by atoms with Crippen molar-refractivity contribution in [3.05, 3.63) is 24.2 Å². The summed E-state index contributed by atoms with van der Waals surface area (Å²) in [6, 6.07) is 0.298. The van der Waals surface area contributed by atoms with Crippen LogP contribution in [0.3, 0.4) is 0 Å². The Labute approximate surface area is 70.5 Å². The quantitative estimate of drug-likeness (QED) is 0.594. The Hall–Kier alpha value is -1.36. The first-order valence-corrected chi connectivity index (χ1v) is 3.83. The van der Waals surface area contributed by atoms with E-state index in [-0.39, 0.29) is 0 Å². The lowest BCUT2D eigenvalue weighted by Crippen LogP contribution is -2.25. The van der Waals surface area contributed by atoms with Crippen molar-refractivity contribution >= 4 is 0 Å². The van der Waals surface area contributed by atoms with Crippen LogP contribution in [0.1, 0.15) is 13.8 Å². The third-order valence-corrected chi connectivity index (χ3v) is 1.61.